The normalized spacial score (nSPS) is 24.1. The third-order valence-corrected chi connectivity index (χ3v) is 5.10. The minimum Gasteiger partial charge on any atom is -0.394 e. The van der Waals surface area contributed by atoms with Crippen molar-refractivity contribution in [1.82, 2.24) is 29.5 Å². The van der Waals surface area contributed by atoms with E-state index < -0.39 is 22.5 Å². The molecule has 0 spiro atoms. The Kier molecular flexibility index (Phi) is 5.76. The molecule has 4 rings (SSSR count). The van der Waals surface area contributed by atoms with Crippen LogP contribution in [0, 0.1) is 4.64 Å². The molecule has 0 aromatic carbocycles. The molecule has 8 N–H and O–H groups in total. The number of nitrogens with zero attached hydrogens (tertiary/aromatic N) is 4. The van der Waals surface area contributed by atoms with Crippen molar-refractivity contribution in [3.63, 3.8) is 0 Å². The number of hydrogen-bond donors (Lipinski definition) is 6. The largest absolute Gasteiger partial charge is 0.394 e. The summed E-state index contributed by atoms with van der Waals surface area (Å²) >= 11 is 8.15. The van der Waals surface area contributed by atoms with E-state index in [4.69, 9.17) is 33.5 Å². The van der Waals surface area contributed by atoms with Crippen LogP contribution in [0.3, 0.4) is 0 Å². The predicted molar refractivity (Wildman–Crippen MR) is 106 cm³/mol. The molecule has 0 amide bonds. The van der Waals surface area contributed by atoms with Crippen molar-refractivity contribution in [3.05, 3.63) is 33.7 Å². The highest BCUT2D eigenvalue weighted by molar-refractivity contribution is 9.09. The molecule has 0 aliphatic carbocycles. The molecule has 3 aromatic heterocycles. The van der Waals surface area contributed by atoms with Gasteiger partial charge in [0.2, 0.25) is 10.6 Å². The van der Waals surface area contributed by atoms with Crippen LogP contribution in [0.25, 0.3) is 11.2 Å². The highest BCUT2D eigenvalue weighted by Gasteiger charge is 2.46. The van der Waals surface area contributed by atoms with E-state index >= 15 is 0 Å². The van der Waals surface area contributed by atoms with Crippen LogP contribution in [-0.2, 0) is 9.37 Å². The fourth-order valence-electron chi connectivity index (χ4n) is 2.60. The molecule has 0 unspecified atom stereocenters. The van der Waals surface area contributed by atoms with Gasteiger partial charge in [-0.3, -0.25) is 4.57 Å². The van der Waals surface area contributed by atoms with Crippen molar-refractivity contribution in [2.45, 2.75) is 23.3 Å². The van der Waals surface area contributed by atoms with Gasteiger partial charge in [0.1, 0.15) is 17.4 Å². The van der Waals surface area contributed by atoms with Gasteiger partial charge >= 0.3 is 5.69 Å². The lowest BCUT2D eigenvalue weighted by Crippen LogP contribution is -2.37. The van der Waals surface area contributed by atoms with Gasteiger partial charge in [-0.1, -0.05) is 12.2 Å². The molecule has 3 aromatic rings. The molecule has 150 valence electrons. The number of imidazole rings is 1. The van der Waals surface area contributed by atoms with Crippen molar-refractivity contribution in [2.75, 3.05) is 18.1 Å². The Bertz CT molecular complexity index is 1100. The van der Waals surface area contributed by atoms with Crippen LogP contribution in [-0.4, -0.2) is 58.5 Å². The van der Waals surface area contributed by atoms with Gasteiger partial charge in [-0.25, -0.2) is 14.8 Å². The Balaban J connectivity index is 0.000000176. The first kappa shape index (κ1) is 20.3. The average Bonchev–Trinajstić information content (AvgIpc) is 3.19. The lowest BCUT2D eigenvalue weighted by Gasteiger charge is -2.23. The minimum atomic E-state index is -1.20. The van der Waals surface area contributed by atoms with Crippen molar-refractivity contribution in [2.24, 2.45) is 0 Å². The Morgan fingerprint density at radius 1 is 1.46 bits per heavy atom. The van der Waals surface area contributed by atoms with E-state index in [0.717, 1.165) is 0 Å². The van der Waals surface area contributed by atoms with Crippen molar-refractivity contribution in [3.8, 4) is 0 Å². The van der Waals surface area contributed by atoms with Crippen LogP contribution in [0.15, 0.2) is 23.4 Å². The molecule has 4 heterocycles. The molecule has 1 fully saturated rings. The lowest BCUT2D eigenvalue weighted by atomic mass is 10.2. The molecule has 0 radical (unpaired) electrons. The van der Waals surface area contributed by atoms with Gasteiger partial charge in [-0.2, -0.15) is 4.98 Å². The summed E-state index contributed by atoms with van der Waals surface area (Å²) in [6, 6.07) is 1.45. The number of fused-ring (bicyclic) bond motifs is 1. The molecule has 1 aliphatic rings. The van der Waals surface area contributed by atoms with E-state index in [0.29, 0.717) is 15.8 Å². The second-order valence-electron chi connectivity index (χ2n) is 5.86. The first-order valence-corrected chi connectivity index (χ1v) is 9.14. The van der Waals surface area contributed by atoms with Crippen LogP contribution in [0.4, 0.5) is 11.8 Å². The van der Waals surface area contributed by atoms with Gasteiger partial charge in [0.15, 0.2) is 10.3 Å². The summed E-state index contributed by atoms with van der Waals surface area (Å²) in [5.74, 6) is 0.397. The Hall–Kier alpha value is -2.39. The summed E-state index contributed by atoms with van der Waals surface area (Å²) in [6.45, 7) is -0.328. The standard InChI is InChI=1S/C9H12BrN3O4.C5H5N5S/c10-9(3-5(15)6(4-14)17-9)13-2-1-7(11)12-8(13)16;6-5-9-3-2(4(11)10-5)7-1-8-3/h1-2,5-6,14-15H,3-4H2,(H2,11,12,16);1H,(H4,6,7,8,9,10,11)/t5-,6+,9-;/m0./s1. The Morgan fingerprint density at radius 2 is 2.21 bits per heavy atom. The third kappa shape index (κ3) is 4.05. The van der Waals surface area contributed by atoms with Crippen molar-refractivity contribution >= 4 is 51.1 Å². The Labute approximate surface area is 170 Å². The van der Waals surface area contributed by atoms with Crippen LogP contribution in [0.2, 0.25) is 0 Å². The number of nitrogen functional groups attached to an aromatic ring is 2. The molecular weight excluding hydrogens is 456 g/mol. The number of rotatable bonds is 2. The van der Waals surface area contributed by atoms with E-state index in [1.807, 2.05) is 0 Å². The molecule has 1 saturated heterocycles. The number of nitrogens with one attached hydrogen (secondary N) is 2. The monoisotopic (exact) mass is 472 g/mol. The van der Waals surface area contributed by atoms with E-state index in [-0.39, 0.29) is 24.8 Å². The van der Waals surface area contributed by atoms with Crippen molar-refractivity contribution in [1.29, 1.82) is 0 Å². The summed E-state index contributed by atoms with van der Waals surface area (Å²) in [7, 11) is 0. The number of aliphatic hydroxyl groups is 2. The summed E-state index contributed by atoms with van der Waals surface area (Å²) in [4.78, 5) is 28.6. The number of alkyl halides is 1. The quantitative estimate of drug-likeness (QED) is 0.210. The van der Waals surface area contributed by atoms with Crippen LogP contribution in [0.1, 0.15) is 6.42 Å². The number of anilines is 2. The fourth-order valence-corrected chi connectivity index (χ4v) is 3.69. The maximum absolute atomic E-state index is 11.7. The van der Waals surface area contributed by atoms with Gasteiger partial charge in [-0.15, -0.1) is 0 Å². The number of H-pyrrole nitrogens is 2. The number of aromatic nitrogens is 6. The fraction of sp³-hybridized carbons (Fsp3) is 0.357. The van der Waals surface area contributed by atoms with E-state index in [9.17, 15) is 9.90 Å². The summed E-state index contributed by atoms with van der Waals surface area (Å²) in [6.07, 6.45) is 1.50. The average molecular weight is 473 g/mol. The molecular formula is C14H17BrN8O4S. The van der Waals surface area contributed by atoms with Gasteiger partial charge in [0, 0.05) is 12.6 Å². The summed E-state index contributed by atoms with van der Waals surface area (Å²) in [5, 5.41) is 18.7. The predicted octanol–water partition coefficient (Wildman–Crippen LogP) is -0.430. The summed E-state index contributed by atoms with van der Waals surface area (Å²) in [5.41, 5.74) is 11.5. The maximum atomic E-state index is 11.7. The first-order chi connectivity index (χ1) is 13.2. The lowest BCUT2D eigenvalue weighted by molar-refractivity contribution is -0.0607. The molecule has 3 atom stereocenters. The zero-order valence-corrected chi connectivity index (χ0v) is 16.6. The van der Waals surface area contributed by atoms with E-state index in [1.54, 1.807) is 0 Å². The molecule has 12 nitrogen and oxygen atoms in total. The smallest absolute Gasteiger partial charge is 0.352 e. The van der Waals surface area contributed by atoms with Crippen molar-refractivity contribution < 1.29 is 14.9 Å². The second kappa shape index (κ2) is 7.92. The number of aromatic amines is 2. The number of aliphatic hydroxyl groups excluding tert-OH is 2. The third-order valence-electron chi connectivity index (χ3n) is 3.91. The highest BCUT2D eigenvalue weighted by Crippen LogP contribution is 2.39. The molecule has 0 saturated carbocycles. The Morgan fingerprint density at radius 3 is 2.86 bits per heavy atom. The zero-order chi connectivity index (χ0) is 20.5. The highest BCUT2D eigenvalue weighted by atomic mass is 79.9. The van der Waals surface area contributed by atoms with Crippen LogP contribution in [0.5, 0.6) is 0 Å². The number of halogens is 1. The first-order valence-electron chi connectivity index (χ1n) is 7.93. The molecule has 28 heavy (non-hydrogen) atoms. The molecule has 0 bridgehead atoms. The minimum absolute atomic E-state index is 0.111. The second-order valence-corrected chi connectivity index (χ2v) is 7.48. The van der Waals surface area contributed by atoms with E-state index in [2.05, 4.69) is 40.8 Å². The molecule has 1 aliphatic heterocycles. The number of hydrogen-bond acceptors (Lipinski definition) is 10. The van der Waals surface area contributed by atoms with Crippen LogP contribution < -0.4 is 17.2 Å². The van der Waals surface area contributed by atoms with Gasteiger partial charge in [0.25, 0.3) is 0 Å². The van der Waals surface area contributed by atoms with Gasteiger partial charge in [-0.05, 0) is 22.0 Å². The SMILES string of the molecule is Nc1ccn([C@@]2(Br)C[C@H](O)[C@@H](CO)O2)c(=O)n1.Nc1nc(=S)c2[nH]cnc2[nH]1. The molecule has 14 heteroatoms. The van der Waals surface area contributed by atoms with Gasteiger partial charge in [0.05, 0.1) is 19.0 Å². The van der Waals surface area contributed by atoms with Crippen LogP contribution >= 0.6 is 28.1 Å². The summed E-state index contributed by atoms with van der Waals surface area (Å²) < 4.78 is 5.84. The number of ether oxygens (including phenoxy) is 1. The topological polar surface area (TPSA) is 194 Å². The maximum Gasteiger partial charge on any atom is 0.352 e. The number of nitrogens with two attached hydrogens (primary N) is 2. The zero-order valence-electron chi connectivity index (χ0n) is 14.2. The van der Waals surface area contributed by atoms with Gasteiger partial charge < -0.3 is 36.4 Å². The van der Waals surface area contributed by atoms with E-state index in [1.165, 1.54) is 23.2 Å².